The molecule has 0 unspecified atom stereocenters. The third-order valence-corrected chi connectivity index (χ3v) is 8.47. The van der Waals surface area contributed by atoms with Gasteiger partial charge >= 0.3 is 0 Å². The van der Waals surface area contributed by atoms with Crippen LogP contribution in [0.25, 0.3) is 0 Å². The maximum absolute atomic E-state index is 12.8. The molecule has 0 bridgehead atoms. The molecule has 3 fully saturated rings. The van der Waals surface area contributed by atoms with Crippen molar-refractivity contribution in [3.05, 3.63) is 35.4 Å². The fraction of sp³-hybridized carbons (Fsp3) is 0.704. The number of likely N-dealkylation sites (tertiary alicyclic amines) is 2. The maximum Gasteiger partial charge on any atom is 0.224 e. The lowest BCUT2D eigenvalue weighted by Gasteiger charge is -2.42. The van der Waals surface area contributed by atoms with Crippen molar-refractivity contribution in [2.45, 2.75) is 77.0 Å². The molecule has 4 rings (SSSR count). The summed E-state index contributed by atoms with van der Waals surface area (Å²) in [6, 6.07) is 8.56. The molecule has 32 heavy (non-hydrogen) atoms. The minimum Gasteiger partial charge on any atom is -0.369 e. The molecular weight excluding hydrogens is 398 g/mol. The number of hydrogen-bond donors (Lipinski definition) is 1. The molecule has 3 aliphatic rings. The molecule has 2 saturated heterocycles. The average Bonchev–Trinajstić information content (AvgIpc) is 2.81. The van der Waals surface area contributed by atoms with Crippen molar-refractivity contribution in [3.63, 3.8) is 0 Å². The first-order valence-corrected chi connectivity index (χ1v) is 12.8. The van der Waals surface area contributed by atoms with E-state index in [2.05, 4.69) is 29.2 Å². The van der Waals surface area contributed by atoms with Crippen LogP contribution in [0.4, 0.5) is 0 Å². The van der Waals surface area contributed by atoms with Crippen LogP contribution in [-0.2, 0) is 16.0 Å². The lowest BCUT2D eigenvalue weighted by atomic mass is 9.71. The molecule has 176 valence electrons. The van der Waals surface area contributed by atoms with E-state index in [1.54, 1.807) is 6.92 Å². The third kappa shape index (κ3) is 5.36. The zero-order valence-electron chi connectivity index (χ0n) is 19.9. The van der Waals surface area contributed by atoms with Crippen LogP contribution < -0.4 is 5.73 Å². The highest BCUT2D eigenvalue weighted by Crippen LogP contribution is 2.39. The number of carbonyl (C=O) groups is 2. The van der Waals surface area contributed by atoms with Gasteiger partial charge in [-0.1, -0.05) is 43.5 Å². The molecule has 0 radical (unpaired) electrons. The van der Waals surface area contributed by atoms with Crippen LogP contribution in [0.5, 0.6) is 0 Å². The Hall–Kier alpha value is -1.88. The fourth-order valence-corrected chi connectivity index (χ4v) is 6.38. The van der Waals surface area contributed by atoms with E-state index >= 15 is 0 Å². The van der Waals surface area contributed by atoms with Crippen LogP contribution in [0.15, 0.2) is 24.3 Å². The minimum absolute atomic E-state index is 0.140. The second kappa shape index (κ2) is 10.4. The smallest absolute Gasteiger partial charge is 0.224 e. The maximum atomic E-state index is 12.8. The van der Waals surface area contributed by atoms with E-state index in [1.807, 2.05) is 4.90 Å². The Kier molecular flexibility index (Phi) is 7.55. The Balaban J connectivity index is 1.45. The number of nitrogens with two attached hydrogens (primary N) is 1. The Bertz CT molecular complexity index is 794. The zero-order valence-corrected chi connectivity index (χ0v) is 19.9. The van der Waals surface area contributed by atoms with E-state index in [0.717, 1.165) is 64.2 Å². The summed E-state index contributed by atoms with van der Waals surface area (Å²) in [6.07, 6.45) is 11.5. The van der Waals surface area contributed by atoms with Gasteiger partial charge in [0.15, 0.2) is 0 Å². The predicted molar refractivity (Wildman–Crippen MR) is 128 cm³/mol. The second-order valence-corrected chi connectivity index (χ2v) is 10.6. The molecule has 1 saturated carbocycles. The lowest BCUT2D eigenvalue weighted by Crippen LogP contribution is -2.49. The molecule has 1 atom stereocenters. The van der Waals surface area contributed by atoms with E-state index in [-0.39, 0.29) is 11.8 Å². The fourth-order valence-electron chi connectivity index (χ4n) is 6.38. The standard InChI is InChI=1S/C27H41N3O2/c1-21(31)30-15-7-11-24(20-30)25-12-6-5-10-23(25)18-27(26(28)32)13-16-29(17-14-27)19-22-8-3-2-4-9-22/h5-6,10,12,22,24H,2-4,7-9,11,13-20H2,1H3,(H2,28,32)/t24-/m0/s1. The predicted octanol–water partition coefficient (Wildman–Crippen LogP) is 4.10. The van der Waals surface area contributed by atoms with Gasteiger partial charge in [0.05, 0.1) is 5.41 Å². The number of benzene rings is 1. The number of nitrogens with zero attached hydrogens (tertiary/aromatic N) is 2. The monoisotopic (exact) mass is 439 g/mol. The molecule has 1 aromatic rings. The Morgan fingerprint density at radius 1 is 1.00 bits per heavy atom. The second-order valence-electron chi connectivity index (χ2n) is 10.6. The normalized spacial score (nSPS) is 24.9. The van der Waals surface area contributed by atoms with Gasteiger partial charge in [-0.2, -0.15) is 0 Å². The molecule has 2 aliphatic heterocycles. The molecule has 2 amide bonds. The van der Waals surface area contributed by atoms with Gasteiger partial charge in [0.2, 0.25) is 11.8 Å². The van der Waals surface area contributed by atoms with E-state index in [1.165, 1.54) is 49.8 Å². The van der Waals surface area contributed by atoms with Crippen LogP contribution >= 0.6 is 0 Å². The molecule has 0 aromatic heterocycles. The minimum atomic E-state index is -0.450. The average molecular weight is 440 g/mol. The number of primary amides is 1. The molecule has 1 aromatic carbocycles. The van der Waals surface area contributed by atoms with Gasteiger partial charge in [-0.25, -0.2) is 0 Å². The third-order valence-electron chi connectivity index (χ3n) is 8.47. The summed E-state index contributed by atoms with van der Waals surface area (Å²) in [6.45, 7) is 6.44. The molecule has 0 spiro atoms. The molecule has 5 nitrogen and oxygen atoms in total. The van der Waals surface area contributed by atoms with Crippen molar-refractivity contribution in [1.82, 2.24) is 9.80 Å². The van der Waals surface area contributed by atoms with E-state index < -0.39 is 5.41 Å². The number of carbonyl (C=O) groups excluding carboxylic acids is 2. The number of rotatable bonds is 6. The van der Waals surface area contributed by atoms with Crippen molar-refractivity contribution in [2.75, 3.05) is 32.7 Å². The van der Waals surface area contributed by atoms with Crippen LogP contribution in [-0.4, -0.2) is 54.3 Å². The first-order chi connectivity index (χ1) is 15.5. The highest BCUT2D eigenvalue weighted by atomic mass is 16.2. The first kappa shape index (κ1) is 23.3. The van der Waals surface area contributed by atoms with E-state index in [0.29, 0.717) is 5.92 Å². The Morgan fingerprint density at radius 3 is 2.41 bits per heavy atom. The summed E-state index contributed by atoms with van der Waals surface area (Å²) in [5.74, 6) is 1.20. The summed E-state index contributed by atoms with van der Waals surface area (Å²) in [7, 11) is 0. The first-order valence-electron chi connectivity index (χ1n) is 12.8. The summed E-state index contributed by atoms with van der Waals surface area (Å²) < 4.78 is 0. The highest BCUT2D eigenvalue weighted by Gasteiger charge is 2.41. The van der Waals surface area contributed by atoms with E-state index in [4.69, 9.17) is 5.73 Å². The summed E-state index contributed by atoms with van der Waals surface area (Å²) in [5, 5.41) is 0. The number of piperidine rings is 2. The summed E-state index contributed by atoms with van der Waals surface area (Å²) >= 11 is 0. The van der Waals surface area contributed by atoms with Gasteiger partial charge in [0.1, 0.15) is 0 Å². The van der Waals surface area contributed by atoms with Crippen LogP contribution in [0.1, 0.15) is 81.8 Å². The number of hydrogen-bond acceptors (Lipinski definition) is 3. The lowest BCUT2D eigenvalue weighted by molar-refractivity contribution is -0.131. The topological polar surface area (TPSA) is 66.6 Å². The van der Waals surface area contributed by atoms with Crippen molar-refractivity contribution in [2.24, 2.45) is 17.1 Å². The molecule has 1 aliphatic carbocycles. The Morgan fingerprint density at radius 2 is 1.72 bits per heavy atom. The molecule has 2 N–H and O–H groups in total. The Labute approximate surface area is 193 Å². The van der Waals surface area contributed by atoms with Gasteiger partial charge in [-0.05, 0) is 75.1 Å². The van der Waals surface area contributed by atoms with Crippen molar-refractivity contribution in [1.29, 1.82) is 0 Å². The number of amides is 2. The van der Waals surface area contributed by atoms with Gasteiger partial charge in [-0.3, -0.25) is 9.59 Å². The SMILES string of the molecule is CC(=O)N1CCC[C@H](c2ccccc2CC2(C(N)=O)CCN(CC3CCCCC3)CC2)C1. The van der Waals surface area contributed by atoms with Crippen LogP contribution in [0.2, 0.25) is 0 Å². The van der Waals surface area contributed by atoms with E-state index in [9.17, 15) is 9.59 Å². The van der Waals surface area contributed by atoms with Crippen LogP contribution in [0.3, 0.4) is 0 Å². The van der Waals surface area contributed by atoms with Gasteiger partial charge < -0.3 is 15.5 Å². The molecule has 2 heterocycles. The van der Waals surface area contributed by atoms with Crippen molar-refractivity contribution < 1.29 is 9.59 Å². The van der Waals surface area contributed by atoms with Gasteiger partial charge in [0.25, 0.3) is 0 Å². The van der Waals surface area contributed by atoms with Crippen molar-refractivity contribution in [3.8, 4) is 0 Å². The zero-order chi connectivity index (χ0) is 22.6. The molecule has 5 heteroatoms. The van der Waals surface area contributed by atoms with Gasteiger partial charge in [-0.15, -0.1) is 0 Å². The highest BCUT2D eigenvalue weighted by molar-refractivity contribution is 5.81. The summed E-state index contributed by atoms with van der Waals surface area (Å²) in [5.41, 5.74) is 8.17. The largest absolute Gasteiger partial charge is 0.369 e. The van der Waals surface area contributed by atoms with Gasteiger partial charge in [0, 0.05) is 32.5 Å². The quantitative estimate of drug-likeness (QED) is 0.726. The van der Waals surface area contributed by atoms with Crippen molar-refractivity contribution >= 4 is 11.8 Å². The van der Waals surface area contributed by atoms with Crippen LogP contribution in [0, 0.1) is 11.3 Å². The summed E-state index contributed by atoms with van der Waals surface area (Å²) in [4.78, 5) is 29.3. The molecular formula is C27H41N3O2.